The number of methoxy groups -OCH3 is 2. The van der Waals surface area contributed by atoms with Gasteiger partial charge in [0.25, 0.3) is 5.91 Å². The summed E-state index contributed by atoms with van der Waals surface area (Å²) in [5.41, 5.74) is 2.72. The molecule has 1 aliphatic rings. The van der Waals surface area contributed by atoms with Crippen LogP contribution in [0, 0.1) is 0 Å². The molecule has 49 heavy (non-hydrogen) atoms. The van der Waals surface area contributed by atoms with Crippen molar-refractivity contribution < 1.29 is 28.8 Å². The van der Waals surface area contributed by atoms with Crippen molar-refractivity contribution in [3.05, 3.63) is 150 Å². The summed E-state index contributed by atoms with van der Waals surface area (Å²) in [4.78, 5) is 21.7. The first-order valence-electron chi connectivity index (χ1n) is 16.0. The fourth-order valence-electron chi connectivity index (χ4n) is 6.39. The average Bonchev–Trinajstić information content (AvgIpc) is 3.76. The van der Waals surface area contributed by atoms with Gasteiger partial charge in [-0.05, 0) is 59.2 Å². The molecule has 0 bridgehead atoms. The van der Waals surface area contributed by atoms with E-state index in [0.29, 0.717) is 28.8 Å². The normalized spacial score (nSPS) is 17.6. The molecule has 1 fully saturated rings. The van der Waals surface area contributed by atoms with Gasteiger partial charge in [0.15, 0.2) is 0 Å². The molecule has 1 unspecified atom stereocenters. The van der Waals surface area contributed by atoms with Gasteiger partial charge in [0.1, 0.15) is 47.2 Å². The molecule has 4 aromatic carbocycles. The zero-order chi connectivity index (χ0) is 33.8. The molecule has 1 saturated heterocycles. The number of anilines is 1. The summed E-state index contributed by atoms with van der Waals surface area (Å²) in [6.07, 6.45) is 1.56. The van der Waals surface area contributed by atoms with Crippen LogP contribution >= 0.6 is 0 Å². The summed E-state index contributed by atoms with van der Waals surface area (Å²) in [7, 11) is 3.27. The molecule has 3 heterocycles. The highest BCUT2D eigenvalue weighted by Crippen LogP contribution is 2.43. The van der Waals surface area contributed by atoms with E-state index in [2.05, 4.69) is 15.3 Å². The van der Waals surface area contributed by atoms with Gasteiger partial charge in [-0.25, -0.2) is 9.97 Å². The Bertz CT molecular complexity index is 1970. The van der Waals surface area contributed by atoms with Gasteiger partial charge >= 0.3 is 0 Å². The molecule has 0 radical (unpaired) electrons. The lowest BCUT2D eigenvalue weighted by atomic mass is 9.80. The summed E-state index contributed by atoms with van der Waals surface area (Å²) in [5, 5.41) is 14.9. The molecule has 10 nitrogen and oxygen atoms in total. The number of nitrogens with one attached hydrogen (secondary N) is 1. The van der Waals surface area contributed by atoms with Crippen molar-refractivity contribution >= 4 is 22.8 Å². The Balaban J connectivity index is 1.18. The molecule has 0 spiro atoms. The van der Waals surface area contributed by atoms with Gasteiger partial charge in [-0.3, -0.25) is 4.79 Å². The van der Waals surface area contributed by atoms with Gasteiger partial charge in [0.05, 0.1) is 32.3 Å². The first-order chi connectivity index (χ1) is 24.0. The summed E-state index contributed by atoms with van der Waals surface area (Å²) >= 11 is 0. The number of amides is 1. The standard InChI is InChI=1S/C39H36N4O6/c1-46-30-17-13-28(14-18-30)39(27-11-7-4-8-12-27,29-15-19-31(47-2)20-16-29)48-24-34-33(44)23-35(49-34)43-22-21-32-36(40-25-41-37(32)43)42-38(45)26-9-5-3-6-10-26/h3-22,25,33-35,44H,23-24H2,1-2H3,(H,40,41,42,45)/t33-,34?,35+/m0/s1. The lowest BCUT2D eigenvalue weighted by molar-refractivity contribution is -0.0930. The molecule has 2 N–H and O–H groups in total. The third kappa shape index (κ3) is 6.25. The number of aliphatic hydroxyl groups excluding tert-OH is 1. The number of aliphatic hydroxyl groups is 1. The van der Waals surface area contributed by atoms with Crippen molar-refractivity contribution in [3.8, 4) is 11.5 Å². The van der Waals surface area contributed by atoms with Crippen LogP contribution in [0.25, 0.3) is 11.0 Å². The van der Waals surface area contributed by atoms with E-state index < -0.39 is 24.0 Å². The van der Waals surface area contributed by atoms with Crippen LogP contribution in [-0.2, 0) is 15.1 Å². The molecule has 6 aromatic rings. The molecule has 0 saturated carbocycles. The SMILES string of the molecule is COc1ccc(C(OCC2O[C@@H](n3ccc4c(NC(=O)c5ccccc5)ncnc43)C[C@@H]2O)(c2ccccc2)c2ccc(OC)cc2)cc1. The van der Waals surface area contributed by atoms with Crippen molar-refractivity contribution in [2.24, 2.45) is 0 Å². The molecular weight excluding hydrogens is 620 g/mol. The van der Waals surface area contributed by atoms with Crippen LogP contribution in [-0.4, -0.2) is 58.6 Å². The van der Waals surface area contributed by atoms with E-state index in [0.717, 1.165) is 28.2 Å². The number of rotatable bonds is 11. The maximum absolute atomic E-state index is 12.9. The van der Waals surface area contributed by atoms with Crippen LogP contribution in [0.1, 0.15) is 39.7 Å². The minimum Gasteiger partial charge on any atom is -0.497 e. The van der Waals surface area contributed by atoms with Crippen LogP contribution in [0.15, 0.2) is 128 Å². The summed E-state index contributed by atoms with van der Waals surface area (Å²) < 4.78 is 26.3. The lowest BCUT2D eigenvalue weighted by Gasteiger charge is -2.37. The predicted molar refractivity (Wildman–Crippen MR) is 185 cm³/mol. The number of nitrogens with zero attached hydrogens (tertiary/aromatic N) is 3. The Morgan fingerprint density at radius 1 is 0.837 bits per heavy atom. The highest BCUT2D eigenvalue weighted by atomic mass is 16.6. The molecule has 2 aromatic heterocycles. The largest absolute Gasteiger partial charge is 0.497 e. The zero-order valence-corrected chi connectivity index (χ0v) is 27.1. The van der Waals surface area contributed by atoms with Crippen LogP contribution in [0.3, 0.4) is 0 Å². The molecule has 1 aliphatic heterocycles. The van der Waals surface area contributed by atoms with E-state index in [1.54, 1.807) is 26.4 Å². The van der Waals surface area contributed by atoms with Gasteiger partial charge in [-0.2, -0.15) is 0 Å². The quantitative estimate of drug-likeness (QED) is 0.155. The van der Waals surface area contributed by atoms with E-state index in [1.807, 2.05) is 114 Å². The number of fused-ring (bicyclic) bond motifs is 1. The maximum Gasteiger partial charge on any atom is 0.256 e. The predicted octanol–water partition coefficient (Wildman–Crippen LogP) is 6.36. The third-order valence-corrected chi connectivity index (χ3v) is 8.93. The Morgan fingerprint density at radius 3 is 2.04 bits per heavy atom. The fourth-order valence-corrected chi connectivity index (χ4v) is 6.39. The monoisotopic (exact) mass is 656 g/mol. The van der Waals surface area contributed by atoms with Gasteiger partial charge in [0, 0.05) is 18.2 Å². The number of ether oxygens (including phenoxy) is 4. The Morgan fingerprint density at radius 2 is 1.43 bits per heavy atom. The second kappa shape index (κ2) is 13.9. The molecule has 1 amide bonds. The topological polar surface area (TPSA) is 117 Å². The van der Waals surface area contributed by atoms with Crippen LogP contribution in [0.4, 0.5) is 5.82 Å². The summed E-state index contributed by atoms with van der Waals surface area (Å²) in [6, 6.07) is 36.4. The van der Waals surface area contributed by atoms with Gasteiger partial charge in [0.2, 0.25) is 0 Å². The van der Waals surface area contributed by atoms with E-state index in [1.165, 1.54) is 6.33 Å². The second-order valence-electron chi connectivity index (χ2n) is 11.8. The Kier molecular flexibility index (Phi) is 9.08. The van der Waals surface area contributed by atoms with Crippen LogP contribution in [0.5, 0.6) is 11.5 Å². The highest BCUT2D eigenvalue weighted by Gasteiger charge is 2.42. The number of aromatic nitrogens is 3. The van der Waals surface area contributed by atoms with Crippen molar-refractivity contribution in [2.45, 2.75) is 30.5 Å². The second-order valence-corrected chi connectivity index (χ2v) is 11.8. The van der Waals surface area contributed by atoms with Crippen molar-refractivity contribution in [1.82, 2.24) is 14.5 Å². The van der Waals surface area contributed by atoms with Crippen LogP contribution < -0.4 is 14.8 Å². The molecule has 10 heteroatoms. The third-order valence-electron chi connectivity index (χ3n) is 8.93. The first-order valence-corrected chi connectivity index (χ1v) is 16.0. The van der Waals surface area contributed by atoms with Crippen molar-refractivity contribution in [1.29, 1.82) is 0 Å². The van der Waals surface area contributed by atoms with Crippen molar-refractivity contribution in [3.63, 3.8) is 0 Å². The van der Waals surface area contributed by atoms with E-state index in [9.17, 15) is 9.90 Å². The minimum absolute atomic E-state index is 0.0805. The molecule has 7 rings (SSSR count). The first kappa shape index (κ1) is 32.0. The number of carbonyl (C=O) groups excluding carboxylic acids is 1. The summed E-state index contributed by atoms with van der Waals surface area (Å²) in [5.74, 6) is 1.57. The van der Waals surface area contributed by atoms with Gasteiger partial charge in [-0.1, -0.05) is 72.8 Å². The zero-order valence-electron chi connectivity index (χ0n) is 27.1. The fraction of sp³-hybridized carbons (Fsp3) is 0.205. The summed E-state index contributed by atoms with van der Waals surface area (Å²) in [6.45, 7) is 0.0805. The van der Waals surface area contributed by atoms with Gasteiger partial charge in [-0.15, -0.1) is 0 Å². The van der Waals surface area contributed by atoms with Crippen molar-refractivity contribution in [2.75, 3.05) is 26.1 Å². The smallest absolute Gasteiger partial charge is 0.256 e. The number of benzene rings is 4. The maximum atomic E-state index is 12.9. The van der Waals surface area contributed by atoms with E-state index in [-0.39, 0.29) is 12.5 Å². The lowest BCUT2D eigenvalue weighted by Crippen LogP contribution is -2.38. The van der Waals surface area contributed by atoms with E-state index in [4.69, 9.17) is 18.9 Å². The Labute approximate surface area is 283 Å². The number of hydrogen-bond donors (Lipinski definition) is 2. The molecule has 248 valence electrons. The average molecular weight is 657 g/mol. The molecule has 0 aliphatic carbocycles. The van der Waals surface area contributed by atoms with E-state index >= 15 is 0 Å². The van der Waals surface area contributed by atoms with Gasteiger partial charge < -0.3 is 33.9 Å². The highest BCUT2D eigenvalue weighted by molar-refractivity contribution is 6.07. The number of hydrogen-bond acceptors (Lipinski definition) is 8. The molecule has 3 atom stereocenters. The number of carbonyl (C=O) groups is 1. The van der Waals surface area contributed by atoms with Crippen LogP contribution in [0.2, 0.25) is 0 Å². The minimum atomic E-state index is -1.06. The molecular formula is C39H36N4O6. The Hall–Kier alpha value is -5.55.